The van der Waals surface area contributed by atoms with Gasteiger partial charge in [0.2, 0.25) is 0 Å². The standard InChI is InChI=1S/C10H10FN3OS/c1-12-6-9-13-14-10(16-9)15-8-4-2-7(11)3-5-8/h2-5,12H,6H2,1H3. The van der Waals surface area contributed by atoms with Crippen LogP contribution in [0.4, 0.5) is 4.39 Å². The van der Waals surface area contributed by atoms with Gasteiger partial charge in [0.05, 0.1) is 0 Å². The van der Waals surface area contributed by atoms with Crippen molar-refractivity contribution in [3.05, 3.63) is 35.1 Å². The van der Waals surface area contributed by atoms with Gasteiger partial charge in [-0.2, -0.15) is 0 Å². The molecule has 6 heteroatoms. The van der Waals surface area contributed by atoms with Crippen molar-refractivity contribution in [2.24, 2.45) is 0 Å². The van der Waals surface area contributed by atoms with Gasteiger partial charge in [-0.3, -0.25) is 0 Å². The zero-order valence-corrected chi connectivity index (χ0v) is 9.42. The molecule has 0 fully saturated rings. The maximum atomic E-state index is 12.6. The molecule has 2 rings (SSSR count). The van der Waals surface area contributed by atoms with Crippen molar-refractivity contribution < 1.29 is 9.13 Å². The minimum absolute atomic E-state index is 0.291. The van der Waals surface area contributed by atoms with E-state index in [4.69, 9.17) is 4.74 Å². The minimum Gasteiger partial charge on any atom is -0.430 e. The number of nitrogens with zero attached hydrogens (tertiary/aromatic N) is 2. The first-order valence-corrected chi connectivity index (χ1v) is 5.50. The maximum absolute atomic E-state index is 12.6. The maximum Gasteiger partial charge on any atom is 0.299 e. The summed E-state index contributed by atoms with van der Waals surface area (Å²) in [5.74, 6) is 0.258. The van der Waals surface area contributed by atoms with Gasteiger partial charge in [-0.1, -0.05) is 16.4 Å². The summed E-state index contributed by atoms with van der Waals surface area (Å²) in [6.07, 6.45) is 0. The Labute approximate surface area is 96.1 Å². The van der Waals surface area contributed by atoms with Crippen molar-refractivity contribution in [2.75, 3.05) is 7.05 Å². The predicted octanol–water partition coefficient (Wildman–Crippen LogP) is 2.19. The number of aromatic nitrogens is 2. The van der Waals surface area contributed by atoms with Crippen LogP contribution in [-0.4, -0.2) is 17.2 Å². The number of hydrogen-bond acceptors (Lipinski definition) is 5. The lowest BCUT2D eigenvalue weighted by Crippen LogP contribution is -2.04. The lowest BCUT2D eigenvalue weighted by molar-refractivity contribution is 0.471. The van der Waals surface area contributed by atoms with Crippen LogP contribution in [0.2, 0.25) is 0 Å². The molecular weight excluding hydrogens is 229 g/mol. The van der Waals surface area contributed by atoms with Crippen LogP contribution in [0, 0.1) is 5.82 Å². The number of rotatable bonds is 4. The predicted molar refractivity (Wildman–Crippen MR) is 59.1 cm³/mol. The summed E-state index contributed by atoms with van der Waals surface area (Å²) in [7, 11) is 1.84. The smallest absolute Gasteiger partial charge is 0.299 e. The molecule has 1 aromatic heterocycles. The first-order valence-electron chi connectivity index (χ1n) is 4.68. The SMILES string of the molecule is CNCc1nnc(Oc2ccc(F)cc2)s1. The van der Waals surface area contributed by atoms with Gasteiger partial charge < -0.3 is 10.1 Å². The molecule has 1 heterocycles. The Balaban J connectivity index is 2.05. The summed E-state index contributed by atoms with van der Waals surface area (Å²) in [6, 6.07) is 5.78. The van der Waals surface area contributed by atoms with Gasteiger partial charge in [-0.05, 0) is 31.3 Å². The molecule has 0 amide bonds. The number of halogens is 1. The van der Waals surface area contributed by atoms with Gasteiger partial charge in [0.1, 0.15) is 16.6 Å². The average Bonchev–Trinajstić information content (AvgIpc) is 2.70. The van der Waals surface area contributed by atoms with E-state index in [1.807, 2.05) is 7.05 Å². The van der Waals surface area contributed by atoms with E-state index in [9.17, 15) is 4.39 Å². The Kier molecular flexibility index (Phi) is 3.43. The van der Waals surface area contributed by atoms with Gasteiger partial charge in [0.15, 0.2) is 0 Å². The average molecular weight is 239 g/mol. The number of hydrogen-bond donors (Lipinski definition) is 1. The van der Waals surface area contributed by atoms with Crippen LogP contribution >= 0.6 is 11.3 Å². The molecule has 0 saturated carbocycles. The molecule has 0 aliphatic rings. The Morgan fingerprint density at radius 2 is 2.06 bits per heavy atom. The highest BCUT2D eigenvalue weighted by Gasteiger charge is 2.05. The zero-order valence-electron chi connectivity index (χ0n) is 8.61. The summed E-state index contributed by atoms with van der Waals surface area (Å²) < 4.78 is 18.1. The van der Waals surface area contributed by atoms with E-state index in [1.165, 1.54) is 23.5 Å². The van der Waals surface area contributed by atoms with Crippen molar-refractivity contribution in [1.29, 1.82) is 0 Å². The lowest BCUT2D eigenvalue weighted by atomic mass is 10.3. The number of nitrogens with one attached hydrogen (secondary N) is 1. The van der Waals surface area contributed by atoms with Crippen molar-refractivity contribution in [3.63, 3.8) is 0 Å². The van der Waals surface area contributed by atoms with Gasteiger partial charge in [-0.25, -0.2) is 4.39 Å². The highest BCUT2D eigenvalue weighted by Crippen LogP contribution is 2.24. The molecule has 0 saturated heterocycles. The molecule has 16 heavy (non-hydrogen) atoms. The fourth-order valence-corrected chi connectivity index (χ4v) is 1.82. The molecule has 0 atom stereocenters. The molecule has 0 spiro atoms. The zero-order chi connectivity index (χ0) is 11.4. The molecule has 0 radical (unpaired) electrons. The molecule has 1 aromatic carbocycles. The Hall–Kier alpha value is -1.53. The van der Waals surface area contributed by atoms with E-state index in [1.54, 1.807) is 12.1 Å². The summed E-state index contributed by atoms with van der Waals surface area (Å²) in [5.41, 5.74) is 0. The number of benzene rings is 1. The van der Waals surface area contributed by atoms with Crippen LogP contribution in [0.15, 0.2) is 24.3 Å². The fraction of sp³-hybridized carbons (Fsp3) is 0.200. The second kappa shape index (κ2) is 5.00. The third kappa shape index (κ3) is 2.74. The van der Waals surface area contributed by atoms with Crippen molar-refractivity contribution in [3.8, 4) is 10.9 Å². The van der Waals surface area contributed by atoms with Crippen LogP contribution in [0.3, 0.4) is 0 Å². The van der Waals surface area contributed by atoms with Crippen LogP contribution in [-0.2, 0) is 6.54 Å². The highest BCUT2D eigenvalue weighted by atomic mass is 32.1. The van der Waals surface area contributed by atoms with Gasteiger partial charge in [0.25, 0.3) is 5.19 Å². The van der Waals surface area contributed by atoms with E-state index >= 15 is 0 Å². The molecule has 84 valence electrons. The van der Waals surface area contributed by atoms with E-state index in [0.717, 1.165) is 5.01 Å². The Bertz CT molecular complexity index is 457. The van der Waals surface area contributed by atoms with Crippen LogP contribution in [0.1, 0.15) is 5.01 Å². The Morgan fingerprint density at radius 1 is 1.31 bits per heavy atom. The van der Waals surface area contributed by atoms with E-state index in [2.05, 4.69) is 15.5 Å². The van der Waals surface area contributed by atoms with E-state index in [-0.39, 0.29) is 5.82 Å². The molecular formula is C10H10FN3OS. The van der Waals surface area contributed by atoms with Crippen LogP contribution < -0.4 is 10.1 Å². The largest absolute Gasteiger partial charge is 0.430 e. The summed E-state index contributed by atoms with van der Waals surface area (Å²) >= 11 is 1.36. The first kappa shape index (κ1) is 11.0. The molecule has 0 aliphatic heterocycles. The fourth-order valence-electron chi connectivity index (χ4n) is 1.11. The summed E-state index contributed by atoms with van der Waals surface area (Å²) in [4.78, 5) is 0. The quantitative estimate of drug-likeness (QED) is 0.888. The first-order chi connectivity index (χ1) is 7.78. The second-order valence-electron chi connectivity index (χ2n) is 3.05. The third-order valence-corrected chi connectivity index (χ3v) is 2.60. The molecule has 0 unspecified atom stereocenters. The van der Waals surface area contributed by atoms with Gasteiger partial charge >= 0.3 is 0 Å². The normalized spacial score (nSPS) is 10.4. The Morgan fingerprint density at radius 3 is 2.75 bits per heavy atom. The molecule has 4 nitrogen and oxygen atoms in total. The topological polar surface area (TPSA) is 47.0 Å². The van der Waals surface area contributed by atoms with Gasteiger partial charge in [-0.15, -0.1) is 5.10 Å². The van der Waals surface area contributed by atoms with Crippen LogP contribution in [0.25, 0.3) is 0 Å². The van der Waals surface area contributed by atoms with Crippen molar-refractivity contribution in [1.82, 2.24) is 15.5 Å². The van der Waals surface area contributed by atoms with Crippen LogP contribution in [0.5, 0.6) is 10.9 Å². The van der Waals surface area contributed by atoms with E-state index in [0.29, 0.717) is 17.5 Å². The van der Waals surface area contributed by atoms with E-state index < -0.39 is 0 Å². The number of ether oxygens (including phenoxy) is 1. The molecule has 1 N–H and O–H groups in total. The third-order valence-electron chi connectivity index (χ3n) is 1.80. The monoisotopic (exact) mass is 239 g/mol. The highest BCUT2D eigenvalue weighted by molar-refractivity contribution is 7.13. The second-order valence-corrected chi connectivity index (χ2v) is 4.07. The van der Waals surface area contributed by atoms with Gasteiger partial charge in [0, 0.05) is 6.54 Å². The lowest BCUT2D eigenvalue weighted by Gasteiger charge is -1.99. The summed E-state index contributed by atoms with van der Waals surface area (Å²) in [5, 5.41) is 12.1. The summed E-state index contributed by atoms with van der Waals surface area (Å²) in [6.45, 7) is 0.657. The molecule has 0 aliphatic carbocycles. The minimum atomic E-state index is -0.291. The molecule has 2 aromatic rings. The van der Waals surface area contributed by atoms with Crippen molar-refractivity contribution in [2.45, 2.75) is 6.54 Å². The molecule has 0 bridgehead atoms. The van der Waals surface area contributed by atoms with Crippen molar-refractivity contribution >= 4 is 11.3 Å².